The quantitative estimate of drug-likeness (QED) is 0.714. The fourth-order valence-corrected chi connectivity index (χ4v) is 4.14. The second-order valence-corrected chi connectivity index (χ2v) is 8.12. The summed E-state index contributed by atoms with van der Waals surface area (Å²) in [6.45, 7) is 4.50. The molecule has 0 aliphatic carbocycles. The third kappa shape index (κ3) is 6.29. The predicted octanol–water partition coefficient (Wildman–Crippen LogP) is 3.12. The van der Waals surface area contributed by atoms with Crippen molar-refractivity contribution >= 4 is 21.6 Å². The Balaban J connectivity index is 2.02. The molecule has 0 spiro atoms. The molecule has 0 radical (unpaired) electrons. The largest absolute Gasteiger partial charge is 0.497 e. The maximum Gasteiger partial charge on any atom is 0.233 e. The van der Waals surface area contributed by atoms with E-state index in [1.807, 2.05) is 37.3 Å². The molecule has 2 aromatic rings. The highest BCUT2D eigenvalue weighted by atomic mass is 32.2. The van der Waals surface area contributed by atoms with Crippen molar-refractivity contribution in [3.05, 3.63) is 60.2 Å². The van der Waals surface area contributed by atoms with E-state index < -0.39 is 15.9 Å². The predicted molar refractivity (Wildman–Crippen MR) is 107 cm³/mol. The number of nitrogens with one attached hydrogen (secondary N) is 1. The molecule has 27 heavy (non-hydrogen) atoms. The lowest BCUT2D eigenvalue weighted by Crippen LogP contribution is -2.38. The zero-order valence-electron chi connectivity index (χ0n) is 15.9. The summed E-state index contributed by atoms with van der Waals surface area (Å²) in [7, 11) is -2.16. The van der Waals surface area contributed by atoms with E-state index in [0.29, 0.717) is 24.5 Å². The van der Waals surface area contributed by atoms with Gasteiger partial charge in [-0.05, 0) is 24.6 Å². The first-order valence-corrected chi connectivity index (χ1v) is 10.5. The maximum atomic E-state index is 12.7. The molecule has 7 heteroatoms. The summed E-state index contributed by atoms with van der Waals surface area (Å²) in [5, 5.41) is 0. The third-order valence-electron chi connectivity index (χ3n) is 4.14. The molecule has 0 heterocycles. The van der Waals surface area contributed by atoms with Crippen LogP contribution < -0.4 is 9.46 Å². The summed E-state index contributed by atoms with van der Waals surface area (Å²) >= 11 is 0. The molecule has 0 aliphatic rings. The molecule has 2 rings (SSSR count). The Bertz CT molecular complexity index is 853. The number of benzene rings is 2. The molecule has 0 saturated heterocycles. The van der Waals surface area contributed by atoms with Gasteiger partial charge in [0.05, 0.1) is 24.5 Å². The van der Waals surface area contributed by atoms with Crippen LogP contribution in [0.5, 0.6) is 5.75 Å². The Kier molecular flexibility index (Phi) is 7.24. The van der Waals surface area contributed by atoms with E-state index in [-0.39, 0.29) is 11.7 Å². The lowest BCUT2D eigenvalue weighted by Gasteiger charge is -2.24. The summed E-state index contributed by atoms with van der Waals surface area (Å²) in [6.07, 6.45) is 0. The minimum atomic E-state index is -3.67. The Morgan fingerprint density at radius 1 is 1.15 bits per heavy atom. The van der Waals surface area contributed by atoms with E-state index in [1.165, 1.54) is 7.11 Å². The van der Waals surface area contributed by atoms with Gasteiger partial charge in [-0.25, -0.2) is 8.42 Å². The van der Waals surface area contributed by atoms with Crippen LogP contribution in [0.25, 0.3) is 0 Å². The molecular formula is C20H26N2O4S. The highest BCUT2D eigenvalue weighted by Crippen LogP contribution is 2.19. The van der Waals surface area contributed by atoms with Gasteiger partial charge < -0.3 is 9.64 Å². The van der Waals surface area contributed by atoms with Crippen molar-refractivity contribution in [1.29, 1.82) is 0 Å². The molecule has 2 aromatic carbocycles. The molecule has 1 N–H and O–H groups in total. The highest BCUT2D eigenvalue weighted by molar-refractivity contribution is 7.92. The number of sulfonamides is 1. The van der Waals surface area contributed by atoms with Gasteiger partial charge in [-0.2, -0.15) is 0 Å². The average molecular weight is 391 g/mol. The van der Waals surface area contributed by atoms with Gasteiger partial charge in [0.1, 0.15) is 5.75 Å². The van der Waals surface area contributed by atoms with Crippen molar-refractivity contribution in [2.45, 2.75) is 20.4 Å². The van der Waals surface area contributed by atoms with Crippen LogP contribution in [-0.4, -0.2) is 38.6 Å². The second-order valence-electron chi connectivity index (χ2n) is 6.35. The smallest absolute Gasteiger partial charge is 0.233 e. The first-order valence-electron chi connectivity index (χ1n) is 8.82. The number of ether oxygens (including phenoxy) is 1. The Labute approximate surface area is 161 Å². The summed E-state index contributed by atoms with van der Waals surface area (Å²) in [5.74, 6) is -0.567. The van der Waals surface area contributed by atoms with Crippen molar-refractivity contribution in [3.8, 4) is 5.75 Å². The Morgan fingerprint density at radius 3 is 2.48 bits per heavy atom. The van der Waals surface area contributed by atoms with Crippen molar-refractivity contribution in [2.75, 3.05) is 24.1 Å². The molecule has 1 atom stereocenters. The van der Waals surface area contributed by atoms with E-state index in [0.717, 1.165) is 5.56 Å². The second kappa shape index (κ2) is 9.41. The number of hydrogen-bond acceptors (Lipinski definition) is 4. The topological polar surface area (TPSA) is 75.7 Å². The van der Waals surface area contributed by atoms with Gasteiger partial charge in [-0.3, -0.25) is 9.52 Å². The van der Waals surface area contributed by atoms with Crippen LogP contribution in [0.2, 0.25) is 0 Å². The van der Waals surface area contributed by atoms with Crippen LogP contribution in [0.15, 0.2) is 54.6 Å². The molecule has 0 aromatic heterocycles. The zero-order chi connectivity index (χ0) is 19.9. The fraction of sp³-hybridized carbons (Fsp3) is 0.350. The normalized spacial score (nSPS) is 12.3. The van der Waals surface area contributed by atoms with Gasteiger partial charge in [0.25, 0.3) is 0 Å². The van der Waals surface area contributed by atoms with Crippen LogP contribution in [0.4, 0.5) is 5.69 Å². The summed E-state index contributed by atoms with van der Waals surface area (Å²) in [6, 6.07) is 16.3. The lowest BCUT2D eigenvalue weighted by atomic mass is 10.1. The number of rotatable bonds is 9. The van der Waals surface area contributed by atoms with Gasteiger partial charge in [0, 0.05) is 19.2 Å². The molecule has 0 saturated carbocycles. The highest BCUT2D eigenvalue weighted by Gasteiger charge is 2.25. The summed E-state index contributed by atoms with van der Waals surface area (Å²) in [4.78, 5) is 14.4. The molecule has 1 amide bonds. The van der Waals surface area contributed by atoms with Crippen molar-refractivity contribution < 1.29 is 17.9 Å². The molecule has 0 aliphatic heterocycles. The van der Waals surface area contributed by atoms with Crippen molar-refractivity contribution in [1.82, 2.24) is 4.90 Å². The Morgan fingerprint density at radius 2 is 1.85 bits per heavy atom. The van der Waals surface area contributed by atoms with Crippen molar-refractivity contribution in [3.63, 3.8) is 0 Å². The Hall–Kier alpha value is -2.54. The fourth-order valence-electron chi connectivity index (χ4n) is 2.77. The summed E-state index contributed by atoms with van der Waals surface area (Å²) < 4.78 is 32.5. The lowest BCUT2D eigenvalue weighted by molar-refractivity contribution is -0.134. The van der Waals surface area contributed by atoms with Gasteiger partial charge >= 0.3 is 0 Å². The first-order chi connectivity index (χ1) is 12.8. The van der Waals surface area contributed by atoms with Gasteiger partial charge in [0.2, 0.25) is 15.9 Å². The molecule has 0 bridgehead atoms. The van der Waals surface area contributed by atoms with Crippen LogP contribution in [0, 0.1) is 5.92 Å². The van der Waals surface area contributed by atoms with Crippen LogP contribution in [-0.2, 0) is 21.4 Å². The van der Waals surface area contributed by atoms with E-state index in [1.54, 1.807) is 36.1 Å². The number of hydrogen-bond donors (Lipinski definition) is 1. The zero-order valence-corrected chi connectivity index (χ0v) is 16.7. The van der Waals surface area contributed by atoms with Gasteiger partial charge in [-0.1, -0.05) is 43.3 Å². The van der Waals surface area contributed by atoms with E-state index in [9.17, 15) is 13.2 Å². The number of nitrogens with zero attached hydrogens (tertiary/aromatic N) is 1. The number of amides is 1. The van der Waals surface area contributed by atoms with Crippen LogP contribution in [0.1, 0.15) is 19.4 Å². The minimum Gasteiger partial charge on any atom is -0.497 e. The van der Waals surface area contributed by atoms with E-state index >= 15 is 0 Å². The van der Waals surface area contributed by atoms with E-state index in [4.69, 9.17) is 4.74 Å². The van der Waals surface area contributed by atoms with Crippen LogP contribution in [0.3, 0.4) is 0 Å². The monoisotopic (exact) mass is 390 g/mol. The third-order valence-corrected chi connectivity index (χ3v) is 5.63. The molecule has 0 fully saturated rings. The SMILES string of the molecule is CCN(Cc1ccccc1)C(=O)C(C)CS(=O)(=O)Nc1cccc(OC)c1. The number of methoxy groups -OCH3 is 1. The molecule has 6 nitrogen and oxygen atoms in total. The van der Waals surface area contributed by atoms with Crippen molar-refractivity contribution in [2.24, 2.45) is 5.92 Å². The number of anilines is 1. The number of carbonyl (C=O) groups is 1. The first kappa shape index (κ1) is 20.8. The molecular weight excluding hydrogens is 364 g/mol. The van der Waals surface area contributed by atoms with Crippen LogP contribution >= 0.6 is 0 Å². The van der Waals surface area contributed by atoms with Gasteiger partial charge in [-0.15, -0.1) is 0 Å². The maximum absolute atomic E-state index is 12.7. The standard InChI is InChI=1S/C20H26N2O4S/c1-4-22(14-17-9-6-5-7-10-17)20(23)16(2)15-27(24,25)21-18-11-8-12-19(13-18)26-3/h5-13,16,21H,4,14-15H2,1-3H3. The molecule has 1 unspecified atom stereocenters. The van der Waals surface area contributed by atoms with E-state index in [2.05, 4.69) is 4.72 Å². The summed E-state index contributed by atoms with van der Waals surface area (Å²) in [5.41, 5.74) is 1.42. The van der Waals surface area contributed by atoms with Gasteiger partial charge in [0.15, 0.2) is 0 Å². The number of carbonyl (C=O) groups excluding carboxylic acids is 1. The minimum absolute atomic E-state index is 0.183. The average Bonchev–Trinajstić information content (AvgIpc) is 2.65. The molecule has 146 valence electrons.